The van der Waals surface area contributed by atoms with Crippen LogP contribution >= 0.6 is 11.6 Å². The lowest BCUT2D eigenvalue weighted by molar-refractivity contribution is -0.122. The molecule has 0 saturated heterocycles. The van der Waals surface area contributed by atoms with Crippen LogP contribution in [-0.4, -0.2) is 55.7 Å². The van der Waals surface area contributed by atoms with E-state index in [0.717, 1.165) is 22.0 Å². The van der Waals surface area contributed by atoms with Crippen molar-refractivity contribution in [3.63, 3.8) is 0 Å². The van der Waals surface area contributed by atoms with Crippen LogP contribution in [-0.2, 0) is 24.2 Å². The zero-order valence-corrected chi connectivity index (χ0v) is 22.3. The first-order valence-electron chi connectivity index (χ1n) is 13.0. The number of aromatic nitrogens is 4. The lowest BCUT2D eigenvalue weighted by atomic mass is 10.0. The van der Waals surface area contributed by atoms with E-state index in [1.54, 1.807) is 26.1 Å². The van der Waals surface area contributed by atoms with E-state index in [2.05, 4.69) is 10.1 Å². The van der Waals surface area contributed by atoms with Gasteiger partial charge in [0.25, 0.3) is 5.91 Å². The van der Waals surface area contributed by atoms with Gasteiger partial charge in [0, 0.05) is 43.4 Å². The van der Waals surface area contributed by atoms with Crippen molar-refractivity contribution in [3.05, 3.63) is 107 Å². The number of carbonyl (C=O) groups is 2. The molecule has 2 amide bonds. The van der Waals surface area contributed by atoms with Gasteiger partial charge in [-0.1, -0.05) is 48.0 Å². The predicted octanol–water partition coefficient (Wildman–Crippen LogP) is 4.65. The second-order valence-electron chi connectivity index (χ2n) is 10.1. The molecule has 2 aromatic carbocycles. The van der Waals surface area contributed by atoms with Gasteiger partial charge in [0.2, 0.25) is 5.91 Å². The molecule has 0 spiro atoms. The summed E-state index contributed by atoms with van der Waals surface area (Å²) in [6, 6.07) is 16.0. The minimum Gasteiger partial charge on any atom is -0.325 e. The molecule has 0 saturated carbocycles. The SMILES string of the molecule is CN1C(=O)[C@@H](N2CCc3c(nn(Cc4ccccc4)c3Cl)C2=O)Cc2cn(-c3cnccc3F)c3cccc1c23. The molecular weight excluding hydrogens is 531 g/mol. The molecule has 1 atom stereocenters. The molecule has 0 unspecified atom stereocenters. The number of amides is 2. The summed E-state index contributed by atoms with van der Waals surface area (Å²) in [5.41, 5.74) is 4.65. The number of anilines is 1. The maximum absolute atomic E-state index is 14.8. The maximum Gasteiger partial charge on any atom is 0.275 e. The first kappa shape index (κ1) is 24.5. The minimum atomic E-state index is -0.756. The zero-order chi connectivity index (χ0) is 27.5. The number of hydrogen-bond acceptors (Lipinski definition) is 4. The molecule has 8 nitrogen and oxygen atoms in total. The first-order valence-corrected chi connectivity index (χ1v) is 13.4. The number of fused-ring (bicyclic) bond motifs is 1. The number of halogens is 2. The lowest BCUT2D eigenvalue weighted by Crippen LogP contribution is -2.53. The summed E-state index contributed by atoms with van der Waals surface area (Å²) in [5.74, 6) is -0.903. The Labute approximate surface area is 234 Å². The van der Waals surface area contributed by atoms with Crippen molar-refractivity contribution in [2.24, 2.45) is 0 Å². The number of nitrogens with zero attached hydrogens (tertiary/aromatic N) is 6. The second kappa shape index (κ2) is 9.31. The van der Waals surface area contributed by atoms with Crippen LogP contribution in [0.5, 0.6) is 0 Å². The van der Waals surface area contributed by atoms with Gasteiger partial charge in [-0.15, -0.1) is 0 Å². The average Bonchev–Trinajstić information content (AvgIpc) is 3.47. The van der Waals surface area contributed by atoms with E-state index in [-0.39, 0.29) is 23.9 Å². The lowest BCUT2D eigenvalue weighted by Gasteiger charge is -2.34. The van der Waals surface area contributed by atoms with Gasteiger partial charge < -0.3 is 14.4 Å². The van der Waals surface area contributed by atoms with Crippen LogP contribution in [0, 0.1) is 5.82 Å². The normalized spacial score (nSPS) is 16.9. The summed E-state index contributed by atoms with van der Waals surface area (Å²) >= 11 is 6.67. The van der Waals surface area contributed by atoms with Crippen LogP contribution in [0.1, 0.15) is 27.2 Å². The number of benzene rings is 2. The smallest absolute Gasteiger partial charge is 0.275 e. The van der Waals surface area contributed by atoms with Crippen molar-refractivity contribution in [3.8, 4) is 5.69 Å². The molecule has 10 heteroatoms. The van der Waals surface area contributed by atoms with Gasteiger partial charge in [-0.25, -0.2) is 9.07 Å². The predicted molar refractivity (Wildman–Crippen MR) is 149 cm³/mol. The molecule has 2 aliphatic rings. The van der Waals surface area contributed by atoms with Gasteiger partial charge in [0.05, 0.1) is 23.9 Å². The zero-order valence-electron chi connectivity index (χ0n) is 21.6. The van der Waals surface area contributed by atoms with Crippen LogP contribution in [0.15, 0.2) is 73.2 Å². The molecule has 5 aromatic rings. The second-order valence-corrected chi connectivity index (χ2v) is 10.5. The third-order valence-corrected chi connectivity index (χ3v) is 8.31. The molecule has 0 N–H and O–H groups in total. The molecule has 2 aliphatic heterocycles. The first-order chi connectivity index (χ1) is 19.4. The molecule has 7 rings (SSSR count). The molecule has 5 heterocycles. The van der Waals surface area contributed by atoms with Crippen LogP contribution in [0.25, 0.3) is 16.6 Å². The number of likely N-dealkylation sites (N-methyl/N-ethyl adjacent to an activating group) is 1. The summed E-state index contributed by atoms with van der Waals surface area (Å²) in [6.07, 6.45) is 5.51. The fourth-order valence-electron chi connectivity index (χ4n) is 5.91. The van der Waals surface area contributed by atoms with E-state index in [1.165, 1.54) is 18.5 Å². The third kappa shape index (κ3) is 3.72. The van der Waals surface area contributed by atoms with Gasteiger partial charge in [-0.2, -0.15) is 5.10 Å². The van der Waals surface area contributed by atoms with E-state index >= 15 is 0 Å². The standard InChI is InChI=1S/C30H24ClFN6O2/c1-35-22-8-5-9-23-26(22)19(17-37(23)25-15-33-12-10-21(25)32)14-24(29(35)39)36-13-11-20-27(30(36)40)34-38(28(20)31)16-18-6-3-2-4-7-18/h2-10,12,15,17,24H,11,13-14,16H2,1H3/t24-/m0/s1. The Morgan fingerprint density at radius 3 is 2.67 bits per heavy atom. The van der Waals surface area contributed by atoms with Crippen LogP contribution in [0.3, 0.4) is 0 Å². The van der Waals surface area contributed by atoms with Gasteiger partial charge in [0.1, 0.15) is 22.7 Å². The average molecular weight is 555 g/mol. The fraction of sp³-hybridized carbons (Fsp3) is 0.200. The summed E-state index contributed by atoms with van der Waals surface area (Å²) in [4.78, 5) is 35.0. The fourth-order valence-corrected chi connectivity index (χ4v) is 6.19. The quantitative estimate of drug-likeness (QED) is 0.324. The Morgan fingerprint density at radius 2 is 1.88 bits per heavy atom. The Balaban J connectivity index is 1.27. The number of hydrogen-bond donors (Lipinski definition) is 0. The Hall–Kier alpha value is -4.50. The van der Waals surface area contributed by atoms with Gasteiger partial charge >= 0.3 is 0 Å². The summed E-state index contributed by atoms with van der Waals surface area (Å²) in [7, 11) is 1.71. The third-order valence-electron chi connectivity index (χ3n) is 7.88. The molecular formula is C30H24ClFN6O2. The summed E-state index contributed by atoms with van der Waals surface area (Å²) in [6.45, 7) is 0.779. The highest BCUT2D eigenvalue weighted by molar-refractivity contribution is 6.31. The van der Waals surface area contributed by atoms with Crippen LogP contribution in [0.2, 0.25) is 5.15 Å². The topological polar surface area (TPSA) is 76.3 Å². The molecule has 40 heavy (non-hydrogen) atoms. The molecule has 0 radical (unpaired) electrons. The van der Waals surface area contributed by atoms with Crippen molar-refractivity contribution in [1.82, 2.24) is 24.2 Å². The van der Waals surface area contributed by atoms with E-state index in [4.69, 9.17) is 11.6 Å². The molecule has 0 fully saturated rings. The monoisotopic (exact) mass is 554 g/mol. The van der Waals surface area contributed by atoms with Crippen molar-refractivity contribution >= 4 is 40.0 Å². The highest BCUT2D eigenvalue weighted by Crippen LogP contribution is 2.38. The van der Waals surface area contributed by atoms with Gasteiger partial charge in [-0.3, -0.25) is 14.6 Å². The van der Waals surface area contributed by atoms with E-state index in [1.807, 2.05) is 54.7 Å². The van der Waals surface area contributed by atoms with E-state index in [9.17, 15) is 14.0 Å². The van der Waals surface area contributed by atoms with E-state index in [0.29, 0.717) is 41.6 Å². The number of pyridine rings is 1. The van der Waals surface area contributed by atoms with Gasteiger partial charge in [0.15, 0.2) is 5.69 Å². The Bertz CT molecular complexity index is 1810. The van der Waals surface area contributed by atoms with Crippen LogP contribution < -0.4 is 4.90 Å². The number of rotatable bonds is 4. The summed E-state index contributed by atoms with van der Waals surface area (Å²) < 4.78 is 18.2. The Kier molecular flexibility index (Phi) is 5.71. The maximum atomic E-state index is 14.8. The van der Waals surface area contributed by atoms with Gasteiger partial charge in [-0.05, 0) is 35.7 Å². The number of carbonyl (C=O) groups excluding carboxylic acids is 2. The largest absolute Gasteiger partial charge is 0.325 e. The minimum absolute atomic E-state index is 0.186. The molecule has 200 valence electrons. The molecule has 0 bridgehead atoms. The van der Waals surface area contributed by atoms with Crippen molar-refractivity contribution in [2.75, 3.05) is 18.5 Å². The van der Waals surface area contributed by atoms with Crippen LogP contribution in [0.4, 0.5) is 10.1 Å². The highest BCUT2D eigenvalue weighted by atomic mass is 35.5. The molecule has 0 aliphatic carbocycles. The molecule has 3 aromatic heterocycles. The highest BCUT2D eigenvalue weighted by Gasteiger charge is 2.41. The van der Waals surface area contributed by atoms with Crippen molar-refractivity contribution in [1.29, 1.82) is 0 Å². The van der Waals surface area contributed by atoms with E-state index < -0.39 is 11.9 Å². The van der Waals surface area contributed by atoms with Crippen molar-refractivity contribution < 1.29 is 14.0 Å². The van der Waals surface area contributed by atoms with Crippen molar-refractivity contribution in [2.45, 2.75) is 25.4 Å². The Morgan fingerprint density at radius 1 is 1.05 bits per heavy atom. The summed E-state index contributed by atoms with van der Waals surface area (Å²) in [5, 5.41) is 5.88.